The number of aromatic nitrogens is 2. The van der Waals surface area contributed by atoms with Gasteiger partial charge in [-0.2, -0.15) is 0 Å². The molecule has 1 aliphatic heterocycles. The highest BCUT2D eigenvalue weighted by molar-refractivity contribution is 6.43. The third-order valence-electron chi connectivity index (χ3n) is 6.16. The fourth-order valence-corrected chi connectivity index (χ4v) is 4.91. The Hall–Kier alpha value is -2.25. The van der Waals surface area contributed by atoms with Crippen molar-refractivity contribution in [2.75, 3.05) is 44.2 Å². The van der Waals surface area contributed by atoms with Crippen molar-refractivity contribution in [3.63, 3.8) is 0 Å². The molecule has 180 valence electrons. The van der Waals surface area contributed by atoms with Crippen LogP contribution in [0.15, 0.2) is 42.5 Å². The third-order valence-corrected chi connectivity index (χ3v) is 7.22. The van der Waals surface area contributed by atoms with Crippen LogP contribution in [0.5, 0.6) is 0 Å². The minimum absolute atomic E-state index is 0.145. The van der Waals surface area contributed by atoms with Crippen molar-refractivity contribution in [2.45, 2.75) is 20.3 Å². The number of benzene rings is 2. The maximum absolute atomic E-state index is 12.8. The lowest BCUT2D eigenvalue weighted by molar-refractivity contribution is 0.0946. The van der Waals surface area contributed by atoms with Gasteiger partial charge in [0, 0.05) is 43.4 Å². The smallest absolute Gasteiger partial charge is 0.271 e. The van der Waals surface area contributed by atoms with Crippen molar-refractivity contribution < 1.29 is 4.79 Å². The second kappa shape index (κ2) is 11.0. The van der Waals surface area contributed by atoms with E-state index in [9.17, 15) is 4.79 Å². The van der Waals surface area contributed by atoms with Crippen molar-refractivity contribution in [3.8, 4) is 5.69 Å². The molecular formula is C25H28Cl3N5O. The molecule has 0 saturated carbocycles. The molecule has 1 saturated heterocycles. The van der Waals surface area contributed by atoms with Crippen LogP contribution in [-0.4, -0.2) is 59.6 Å². The number of carbonyl (C=O) groups is 1. The van der Waals surface area contributed by atoms with Crippen LogP contribution >= 0.6 is 34.8 Å². The monoisotopic (exact) mass is 519 g/mol. The molecule has 6 nitrogen and oxygen atoms in total. The predicted molar refractivity (Wildman–Crippen MR) is 140 cm³/mol. The molecule has 2 heterocycles. The molecule has 1 fully saturated rings. The summed E-state index contributed by atoms with van der Waals surface area (Å²) in [6, 6.07) is 13.3. The predicted octanol–water partition coefficient (Wildman–Crippen LogP) is 5.39. The number of anilines is 1. The van der Waals surface area contributed by atoms with Gasteiger partial charge in [-0.3, -0.25) is 9.69 Å². The first kappa shape index (κ1) is 24.9. The van der Waals surface area contributed by atoms with Crippen LogP contribution < -0.4 is 10.2 Å². The Kier molecular flexibility index (Phi) is 8.04. The van der Waals surface area contributed by atoms with E-state index in [4.69, 9.17) is 34.8 Å². The van der Waals surface area contributed by atoms with E-state index in [-0.39, 0.29) is 5.91 Å². The van der Waals surface area contributed by atoms with Gasteiger partial charge in [0.15, 0.2) is 0 Å². The van der Waals surface area contributed by atoms with Gasteiger partial charge in [-0.25, -0.2) is 4.98 Å². The number of aryl methyl sites for hydroxylation is 1. The second-order valence-electron chi connectivity index (χ2n) is 8.42. The average molecular weight is 521 g/mol. The standard InChI is InChI=1S/C25H28Cl3N5O/c1-17-24(30-18(2)33(17)20-9-7-19(26)8-10-20)25(34)29-11-4-12-31-13-15-32(16-14-31)22-6-3-5-21(27)23(22)28/h3,5-10H,4,11-16H2,1-2H3,(H,29,34). The highest BCUT2D eigenvalue weighted by atomic mass is 35.5. The number of nitrogens with one attached hydrogen (secondary N) is 1. The summed E-state index contributed by atoms with van der Waals surface area (Å²) in [5, 5.41) is 4.90. The van der Waals surface area contributed by atoms with Crippen molar-refractivity contribution in [2.24, 2.45) is 0 Å². The van der Waals surface area contributed by atoms with E-state index < -0.39 is 0 Å². The number of nitrogens with zero attached hydrogens (tertiary/aromatic N) is 4. The van der Waals surface area contributed by atoms with Crippen molar-refractivity contribution >= 4 is 46.4 Å². The van der Waals surface area contributed by atoms with E-state index in [1.165, 1.54) is 0 Å². The fourth-order valence-electron chi connectivity index (χ4n) is 4.36. The molecule has 0 unspecified atom stereocenters. The minimum Gasteiger partial charge on any atom is -0.368 e. The Labute approximate surface area is 215 Å². The molecule has 1 aromatic heterocycles. The average Bonchev–Trinajstić information content (AvgIpc) is 3.13. The summed E-state index contributed by atoms with van der Waals surface area (Å²) >= 11 is 18.5. The number of hydrogen-bond donors (Lipinski definition) is 1. The lowest BCUT2D eigenvalue weighted by Crippen LogP contribution is -2.47. The van der Waals surface area contributed by atoms with Crippen molar-refractivity contribution in [1.82, 2.24) is 19.8 Å². The molecule has 4 rings (SSSR count). The largest absolute Gasteiger partial charge is 0.368 e. The number of hydrogen-bond acceptors (Lipinski definition) is 4. The van der Waals surface area contributed by atoms with Crippen LogP contribution in [0.25, 0.3) is 5.69 Å². The Balaban J connectivity index is 1.25. The topological polar surface area (TPSA) is 53.4 Å². The van der Waals surface area contributed by atoms with Gasteiger partial charge in [-0.1, -0.05) is 40.9 Å². The molecule has 0 bridgehead atoms. The maximum atomic E-state index is 12.8. The molecule has 2 aromatic carbocycles. The zero-order valence-electron chi connectivity index (χ0n) is 19.3. The molecule has 34 heavy (non-hydrogen) atoms. The highest BCUT2D eigenvalue weighted by Crippen LogP contribution is 2.32. The third kappa shape index (κ3) is 5.52. The summed E-state index contributed by atoms with van der Waals surface area (Å²) in [6.07, 6.45) is 0.875. The Morgan fingerprint density at radius 1 is 1.00 bits per heavy atom. The normalized spacial score (nSPS) is 14.4. The first-order valence-corrected chi connectivity index (χ1v) is 12.5. The highest BCUT2D eigenvalue weighted by Gasteiger charge is 2.21. The SMILES string of the molecule is Cc1nc(C(=O)NCCCN2CCN(c3cccc(Cl)c3Cl)CC2)c(C)n1-c1ccc(Cl)cc1. The maximum Gasteiger partial charge on any atom is 0.271 e. The molecule has 0 spiro atoms. The second-order valence-corrected chi connectivity index (χ2v) is 9.64. The first-order valence-electron chi connectivity index (χ1n) is 11.4. The van der Waals surface area contributed by atoms with E-state index in [1.807, 2.05) is 60.9 Å². The molecule has 9 heteroatoms. The van der Waals surface area contributed by atoms with Crippen molar-refractivity contribution in [3.05, 3.63) is 74.7 Å². The van der Waals surface area contributed by atoms with E-state index in [0.29, 0.717) is 27.3 Å². The summed E-state index contributed by atoms with van der Waals surface area (Å²) in [5.41, 5.74) is 3.20. The quantitative estimate of drug-likeness (QED) is 0.424. The van der Waals surface area contributed by atoms with Gasteiger partial charge in [0.05, 0.1) is 21.4 Å². The number of amides is 1. The zero-order chi connectivity index (χ0) is 24.2. The van der Waals surface area contributed by atoms with Gasteiger partial charge in [-0.15, -0.1) is 0 Å². The summed E-state index contributed by atoms with van der Waals surface area (Å²) < 4.78 is 1.97. The van der Waals surface area contributed by atoms with E-state index in [2.05, 4.69) is 20.1 Å². The Morgan fingerprint density at radius 3 is 2.41 bits per heavy atom. The molecule has 1 amide bonds. The zero-order valence-corrected chi connectivity index (χ0v) is 21.6. The van der Waals surface area contributed by atoms with Gasteiger partial charge in [0.25, 0.3) is 5.91 Å². The minimum atomic E-state index is -0.145. The number of carbonyl (C=O) groups excluding carboxylic acids is 1. The molecule has 1 N–H and O–H groups in total. The molecular weight excluding hydrogens is 493 g/mol. The van der Waals surface area contributed by atoms with Crippen LogP contribution in [0.1, 0.15) is 28.4 Å². The van der Waals surface area contributed by atoms with Crippen LogP contribution in [-0.2, 0) is 0 Å². The molecule has 0 aliphatic carbocycles. The Morgan fingerprint density at radius 2 is 1.71 bits per heavy atom. The Bertz CT molecular complexity index is 1150. The van der Waals surface area contributed by atoms with Gasteiger partial charge < -0.3 is 14.8 Å². The van der Waals surface area contributed by atoms with Crippen LogP contribution in [0.4, 0.5) is 5.69 Å². The summed E-state index contributed by atoms with van der Waals surface area (Å²) in [5.74, 6) is 0.622. The van der Waals surface area contributed by atoms with Gasteiger partial charge in [0.2, 0.25) is 0 Å². The van der Waals surface area contributed by atoms with Gasteiger partial charge in [-0.05, 0) is 63.2 Å². The molecule has 0 atom stereocenters. The van der Waals surface area contributed by atoms with E-state index >= 15 is 0 Å². The van der Waals surface area contributed by atoms with Gasteiger partial charge >= 0.3 is 0 Å². The number of halogens is 3. The van der Waals surface area contributed by atoms with E-state index in [1.54, 1.807) is 0 Å². The van der Waals surface area contributed by atoms with Crippen LogP contribution in [0.3, 0.4) is 0 Å². The molecule has 1 aliphatic rings. The molecule has 0 radical (unpaired) electrons. The molecule has 3 aromatic rings. The van der Waals surface area contributed by atoms with Crippen LogP contribution in [0.2, 0.25) is 15.1 Å². The lowest BCUT2D eigenvalue weighted by atomic mass is 10.2. The van der Waals surface area contributed by atoms with E-state index in [0.717, 1.165) is 62.0 Å². The van der Waals surface area contributed by atoms with Gasteiger partial charge in [0.1, 0.15) is 11.5 Å². The number of piperazine rings is 1. The number of imidazole rings is 1. The lowest BCUT2D eigenvalue weighted by Gasteiger charge is -2.36. The fraction of sp³-hybridized carbons (Fsp3) is 0.360. The summed E-state index contributed by atoms with van der Waals surface area (Å²) in [4.78, 5) is 22.0. The number of rotatable bonds is 7. The van der Waals surface area contributed by atoms with Crippen molar-refractivity contribution in [1.29, 1.82) is 0 Å². The summed E-state index contributed by atoms with van der Waals surface area (Å²) in [7, 11) is 0. The first-order chi connectivity index (χ1) is 16.3. The van der Waals surface area contributed by atoms with Crippen LogP contribution in [0, 0.1) is 13.8 Å². The summed E-state index contributed by atoms with van der Waals surface area (Å²) in [6.45, 7) is 9.02.